The van der Waals surface area contributed by atoms with E-state index in [0.29, 0.717) is 19.6 Å². The smallest absolute Gasteiger partial charge is 0.229 e. The largest absolute Gasteiger partial charge is 0.489 e. The molecule has 1 aromatic heterocycles. The molecule has 0 aliphatic carbocycles. The zero-order chi connectivity index (χ0) is 20.3. The van der Waals surface area contributed by atoms with Gasteiger partial charge < -0.3 is 14.8 Å². The molecule has 0 atom stereocenters. The molecule has 5 rings (SSSR count). The lowest BCUT2D eigenvalue weighted by Gasteiger charge is -2.11. The van der Waals surface area contributed by atoms with Crippen molar-refractivity contribution in [2.75, 3.05) is 5.32 Å². The number of amides is 1. The number of nitrogens with zero attached hydrogens (tertiary/aromatic N) is 1. The van der Waals surface area contributed by atoms with E-state index in [4.69, 9.17) is 9.47 Å². The van der Waals surface area contributed by atoms with E-state index in [1.165, 1.54) is 0 Å². The number of benzene rings is 3. The van der Waals surface area contributed by atoms with Gasteiger partial charge in [-0.2, -0.15) is 0 Å². The third-order valence-corrected chi connectivity index (χ3v) is 5.08. The zero-order valence-electron chi connectivity index (χ0n) is 16.3. The summed E-state index contributed by atoms with van der Waals surface area (Å²) in [6, 6.07) is 25.6. The molecule has 0 fully saturated rings. The highest BCUT2D eigenvalue weighted by Gasteiger charge is 2.21. The zero-order valence-corrected chi connectivity index (χ0v) is 16.3. The molecule has 0 saturated heterocycles. The average Bonchev–Trinajstić information content (AvgIpc) is 3.17. The first kappa shape index (κ1) is 18.2. The van der Waals surface area contributed by atoms with Crippen LogP contribution in [0.4, 0.5) is 5.69 Å². The van der Waals surface area contributed by atoms with Gasteiger partial charge in [-0.05, 0) is 42.0 Å². The second kappa shape index (κ2) is 7.87. The minimum atomic E-state index is -0.00116. The van der Waals surface area contributed by atoms with Crippen molar-refractivity contribution in [3.63, 3.8) is 0 Å². The maximum absolute atomic E-state index is 11.6. The molecule has 4 aromatic rings. The standard InChI is InChI=1S/C25H20N2O3/c28-25-14-21-23(27-25)9-4-10-24(21)30-15-17-5-3-7-20(13-17)29-16-19-12-11-18-6-1-2-8-22(18)26-19/h1-13H,14-16H2,(H,27,28). The molecular formula is C25H20N2O3. The van der Waals surface area contributed by atoms with E-state index in [9.17, 15) is 4.79 Å². The van der Waals surface area contributed by atoms with Crippen LogP contribution < -0.4 is 14.8 Å². The van der Waals surface area contributed by atoms with E-state index >= 15 is 0 Å². The highest BCUT2D eigenvalue weighted by molar-refractivity contribution is 6.00. The number of hydrogen-bond acceptors (Lipinski definition) is 4. The number of hydrogen-bond donors (Lipinski definition) is 1. The van der Waals surface area contributed by atoms with E-state index in [-0.39, 0.29) is 5.91 Å². The van der Waals surface area contributed by atoms with Gasteiger partial charge in [0.15, 0.2) is 0 Å². The molecule has 5 nitrogen and oxygen atoms in total. The highest BCUT2D eigenvalue weighted by atomic mass is 16.5. The molecule has 148 valence electrons. The molecule has 1 aliphatic rings. The molecule has 0 radical (unpaired) electrons. The Morgan fingerprint density at radius 1 is 0.867 bits per heavy atom. The Morgan fingerprint density at radius 2 is 1.77 bits per heavy atom. The minimum Gasteiger partial charge on any atom is -0.489 e. The third-order valence-electron chi connectivity index (χ3n) is 5.08. The molecule has 0 unspecified atom stereocenters. The summed E-state index contributed by atoms with van der Waals surface area (Å²) in [5.74, 6) is 1.50. The van der Waals surface area contributed by atoms with Crippen molar-refractivity contribution >= 4 is 22.5 Å². The van der Waals surface area contributed by atoms with Crippen LogP contribution in [0.5, 0.6) is 11.5 Å². The number of ether oxygens (including phenoxy) is 2. The number of fused-ring (bicyclic) bond motifs is 2. The Kier molecular flexibility index (Phi) is 4.77. The van der Waals surface area contributed by atoms with Gasteiger partial charge in [0.05, 0.1) is 17.6 Å². The fourth-order valence-electron chi connectivity index (χ4n) is 3.59. The fraction of sp³-hybridized carbons (Fsp3) is 0.120. The summed E-state index contributed by atoms with van der Waals surface area (Å²) in [5, 5.41) is 3.96. The lowest BCUT2D eigenvalue weighted by molar-refractivity contribution is -0.115. The fourth-order valence-corrected chi connectivity index (χ4v) is 3.59. The summed E-state index contributed by atoms with van der Waals surface area (Å²) in [6.07, 6.45) is 0.355. The van der Waals surface area contributed by atoms with Gasteiger partial charge in [-0.15, -0.1) is 0 Å². The normalized spacial score (nSPS) is 12.5. The topological polar surface area (TPSA) is 60.5 Å². The molecule has 1 amide bonds. The van der Waals surface area contributed by atoms with Crippen molar-refractivity contribution in [2.24, 2.45) is 0 Å². The van der Waals surface area contributed by atoms with Crippen LogP contribution in [-0.4, -0.2) is 10.9 Å². The predicted octanol–water partition coefficient (Wildman–Crippen LogP) is 4.89. The molecule has 1 N–H and O–H groups in total. The van der Waals surface area contributed by atoms with Crippen LogP contribution in [0.2, 0.25) is 0 Å². The summed E-state index contributed by atoms with van der Waals surface area (Å²) in [5.41, 5.74) is 4.58. The van der Waals surface area contributed by atoms with Gasteiger partial charge in [0, 0.05) is 16.6 Å². The monoisotopic (exact) mass is 396 g/mol. The van der Waals surface area contributed by atoms with Crippen molar-refractivity contribution in [2.45, 2.75) is 19.6 Å². The maximum atomic E-state index is 11.6. The first-order valence-electron chi connectivity index (χ1n) is 9.85. The highest BCUT2D eigenvalue weighted by Crippen LogP contribution is 2.32. The number of rotatable bonds is 6. The van der Waals surface area contributed by atoms with Crippen LogP contribution in [-0.2, 0) is 24.4 Å². The van der Waals surface area contributed by atoms with Crippen molar-refractivity contribution in [3.05, 3.63) is 95.7 Å². The molecule has 3 aromatic carbocycles. The van der Waals surface area contributed by atoms with E-state index in [2.05, 4.69) is 16.4 Å². The van der Waals surface area contributed by atoms with Gasteiger partial charge in [0.2, 0.25) is 5.91 Å². The summed E-state index contributed by atoms with van der Waals surface area (Å²) in [4.78, 5) is 16.3. The van der Waals surface area contributed by atoms with Crippen molar-refractivity contribution < 1.29 is 14.3 Å². The second-order valence-electron chi connectivity index (χ2n) is 7.23. The molecular weight excluding hydrogens is 376 g/mol. The Morgan fingerprint density at radius 3 is 2.73 bits per heavy atom. The Bertz CT molecular complexity index is 1240. The van der Waals surface area contributed by atoms with Crippen LogP contribution in [0, 0.1) is 0 Å². The molecule has 0 spiro atoms. The Hall–Kier alpha value is -3.86. The summed E-state index contributed by atoms with van der Waals surface area (Å²) in [7, 11) is 0. The van der Waals surface area contributed by atoms with Crippen LogP contribution in [0.3, 0.4) is 0 Å². The van der Waals surface area contributed by atoms with Crippen molar-refractivity contribution in [3.8, 4) is 11.5 Å². The van der Waals surface area contributed by atoms with Crippen LogP contribution in [0.15, 0.2) is 78.9 Å². The number of carbonyl (C=O) groups is 1. The van der Waals surface area contributed by atoms with Crippen LogP contribution >= 0.6 is 0 Å². The molecule has 5 heteroatoms. The van der Waals surface area contributed by atoms with Gasteiger partial charge in [-0.3, -0.25) is 4.79 Å². The first-order chi connectivity index (χ1) is 14.7. The van der Waals surface area contributed by atoms with Gasteiger partial charge in [0.25, 0.3) is 0 Å². The minimum absolute atomic E-state index is 0.00116. The summed E-state index contributed by atoms with van der Waals surface area (Å²) < 4.78 is 11.9. The molecule has 0 saturated carbocycles. The molecule has 0 bridgehead atoms. The summed E-state index contributed by atoms with van der Waals surface area (Å²) >= 11 is 0. The van der Waals surface area contributed by atoms with Crippen LogP contribution in [0.25, 0.3) is 10.9 Å². The van der Waals surface area contributed by atoms with Gasteiger partial charge in [0.1, 0.15) is 24.7 Å². The molecule has 1 aliphatic heterocycles. The number of para-hydroxylation sites is 1. The number of anilines is 1. The first-order valence-corrected chi connectivity index (χ1v) is 9.85. The van der Waals surface area contributed by atoms with E-state index in [0.717, 1.165) is 44.9 Å². The lowest BCUT2D eigenvalue weighted by atomic mass is 10.1. The molecule has 2 heterocycles. The number of pyridine rings is 1. The number of aromatic nitrogens is 1. The van der Waals surface area contributed by atoms with E-state index < -0.39 is 0 Å². The predicted molar refractivity (Wildman–Crippen MR) is 116 cm³/mol. The maximum Gasteiger partial charge on any atom is 0.229 e. The SMILES string of the molecule is O=C1Cc2c(cccc2OCc2cccc(OCc3ccc4ccccc4n3)c2)N1. The van der Waals surface area contributed by atoms with Gasteiger partial charge in [-0.25, -0.2) is 4.98 Å². The van der Waals surface area contributed by atoms with Gasteiger partial charge in [-0.1, -0.05) is 42.5 Å². The van der Waals surface area contributed by atoms with E-state index in [1.54, 1.807) is 0 Å². The number of nitrogens with one attached hydrogen (secondary N) is 1. The van der Waals surface area contributed by atoms with Gasteiger partial charge >= 0.3 is 0 Å². The van der Waals surface area contributed by atoms with E-state index in [1.807, 2.05) is 72.8 Å². The Labute approximate surface area is 174 Å². The second-order valence-corrected chi connectivity index (χ2v) is 7.23. The van der Waals surface area contributed by atoms with Crippen molar-refractivity contribution in [1.29, 1.82) is 0 Å². The third kappa shape index (κ3) is 3.82. The lowest BCUT2D eigenvalue weighted by Crippen LogP contribution is -2.03. The number of carbonyl (C=O) groups excluding carboxylic acids is 1. The molecule has 30 heavy (non-hydrogen) atoms. The quantitative estimate of drug-likeness (QED) is 0.504. The van der Waals surface area contributed by atoms with Crippen LogP contribution in [0.1, 0.15) is 16.8 Å². The summed E-state index contributed by atoms with van der Waals surface area (Å²) in [6.45, 7) is 0.797. The van der Waals surface area contributed by atoms with Crippen molar-refractivity contribution in [1.82, 2.24) is 4.98 Å². The average molecular weight is 396 g/mol. The Balaban J connectivity index is 1.24.